The maximum Gasteiger partial charge on any atom is 0.249 e. The molecule has 38 heavy (non-hydrogen) atoms. The number of rotatable bonds is 10. The van der Waals surface area contributed by atoms with Crippen LogP contribution < -0.4 is 15.0 Å². The van der Waals surface area contributed by atoms with Gasteiger partial charge in [-0.2, -0.15) is 0 Å². The van der Waals surface area contributed by atoms with E-state index in [-0.39, 0.29) is 18.3 Å². The Morgan fingerprint density at radius 2 is 1.84 bits per heavy atom. The number of benzene rings is 2. The largest absolute Gasteiger partial charge is 0.497 e. The van der Waals surface area contributed by atoms with Crippen LogP contribution in [-0.4, -0.2) is 54.3 Å². The minimum Gasteiger partial charge on any atom is -0.497 e. The first-order valence-corrected chi connectivity index (χ1v) is 12.6. The number of halogens is 3. The first-order valence-electron chi connectivity index (χ1n) is 12.6. The van der Waals surface area contributed by atoms with Gasteiger partial charge in [-0.15, -0.1) is 0 Å². The van der Waals surface area contributed by atoms with Gasteiger partial charge in [0.05, 0.1) is 18.0 Å². The molecule has 0 unspecified atom stereocenters. The molecule has 0 saturated carbocycles. The number of methoxy groups -OCH3 is 1. The number of amides is 1. The summed E-state index contributed by atoms with van der Waals surface area (Å²) in [5.74, 6) is -3.83. The zero-order valence-electron chi connectivity index (χ0n) is 21.5. The lowest BCUT2D eigenvalue weighted by Crippen LogP contribution is -2.49. The lowest BCUT2D eigenvalue weighted by molar-refractivity contribution is -0.143. The number of ether oxygens (including phenoxy) is 2. The second-order valence-corrected chi connectivity index (χ2v) is 9.77. The van der Waals surface area contributed by atoms with Crippen molar-refractivity contribution in [3.63, 3.8) is 0 Å². The van der Waals surface area contributed by atoms with Crippen LogP contribution in [0.2, 0.25) is 0 Å². The minimum atomic E-state index is -1.53. The normalized spacial score (nSPS) is 15.4. The van der Waals surface area contributed by atoms with E-state index in [1.54, 1.807) is 7.11 Å². The van der Waals surface area contributed by atoms with Crippen LogP contribution in [0.25, 0.3) is 10.9 Å². The van der Waals surface area contributed by atoms with Crippen LogP contribution in [0.4, 0.5) is 13.2 Å². The van der Waals surface area contributed by atoms with Crippen LogP contribution in [0.3, 0.4) is 0 Å². The third kappa shape index (κ3) is 6.02. The smallest absolute Gasteiger partial charge is 0.249 e. The Labute approximate surface area is 219 Å². The van der Waals surface area contributed by atoms with Crippen LogP contribution in [-0.2, 0) is 11.2 Å². The summed E-state index contributed by atoms with van der Waals surface area (Å²) in [4.78, 5) is 19.4. The Morgan fingerprint density at radius 1 is 1.13 bits per heavy atom. The van der Waals surface area contributed by atoms with Gasteiger partial charge in [0.1, 0.15) is 18.1 Å². The second-order valence-electron chi connectivity index (χ2n) is 9.77. The van der Waals surface area contributed by atoms with Crippen molar-refractivity contribution >= 4 is 16.8 Å². The molecule has 10 heteroatoms. The Bertz CT molecular complexity index is 1270. The molecule has 1 aliphatic rings. The van der Waals surface area contributed by atoms with Crippen LogP contribution in [0.1, 0.15) is 36.8 Å². The van der Waals surface area contributed by atoms with Gasteiger partial charge in [-0.25, -0.2) is 18.7 Å². The number of likely N-dealkylation sites (tertiary alicyclic amines) is 1. The molecule has 1 aliphatic heterocycles. The number of nitrogens with one attached hydrogen (secondary N) is 1. The highest BCUT2D eigenvalue weighted by atomic mass is 19.2. The SMILES string of the molecule is COc1ccc2ncc(C)c(CCCC3(C(=O)NO)CCN(CCOc4cc(F)c(F)c(F)c4)CC3)c2c1. The minimum absolute atomic E-state index is 0.0797. The number of piperidine rings is 1. The number of carbonyl (C=O) groups is 1. The average molecular weight is 532 g/mol. The molecule has 1 saturated heterocycles. The van der Waals surface area contributed by atoms with E-state index in [0.29, 0.717) is 38.9 Å². The van der Waals surface area contributed by atoms with Gasteiger partial charge in [0.25, 0.3) is 0 Å². The summed E-state index contributed by atoms with van der Waals surface area (Å²) in [6.07, 6.45) is 5.04. The van der Waals surface area contributed by atoms with E-state index in [9.17, 15) is 23.2 Å². The monoisotopic (exact) mass is 531 g/mol. The van der Waals surface area contributed by atoms with Crippen LogP contribution in [0.5, 0.6) is 11.5 Å². The van der Waals surface area contributed by atoms with Crippen LogP contribution >= 0.6 is 0 Å². The van der Waals surface area contributed by atoms with Crippen molar-refractivity contribution in [2.75, 3.05) is 33.4 Å². The van der Waals surface area contributed by atoms with Crippen molar-refractivity contribution in [1.29, 1.82) is 0 Å². The molecule has 1 amide bonds. The molecule has 4 rings (SSSR count). The molecule has 7 nitrogen and oxygen atoms in total. The van der Waals surface area contributed by atoms with Gasteiger partial charge < -0.3 is 9.47 Å². The number of carbonyl (C=O) groups excluding carboxylic acids is 1. The molecule has 0 radical (unpaired) electrons. The highest BCUT2D eigenvalue weighted by Crippen LogP contribution is 2.37. The predicted molar refractivity (Wildman–Crippen MR) is 136 cm³/mol. The Hall–Kier alpha value is -3.37. The van der Waals surface area contributed by atoms with Gasteiger partial charge >= 0.3 is 0 Å². The van der Waals surface area contributed by atoms with Crippen molar-refractivity contribution in [3.8, 4) is 11.5 Å². The fourth-order valence-electron chi connectivity index (χ4n) is 5.21. The zero-order chi connectivity index (χ0) is 27.3. The van der Waals surface area contributed by atoms with Gasteiger partial charge in [0.15, 0.2) is 17.5 Å². The first kappa shape index (κ1) is 27.7. The van der Waals surface area contributed by atoms with Crippen LogP contribution in [0, 0.1) is 29.8 Å². The topological polar surface area (TPSA) is 83.9 Å². The summed E-state index contributed by atoms with van der Waals surface area (Å²) in [7, 11) is 1.63. The lowest BCUT2D eigenvalue weighted by atomic mass is 9.73. The molecular formula is C28H32F3N3O4. The molecule has 3 aromatic rings. The molecule has 204 valence electrons. The van der Waals surface area contributed by atoms with E-state index < -0.39 is 22.9 Å². The van der Waals surface area contributed by atoms with Crippen molar-refractivity contribution in [3.05, 3.63) is 65.1 Å². The average Bonchev–Trinajstić information content (AvgIpc) is 2.93. The van der Waals surface area contributed by atoms with E-state index in [2.05, 4.69) is 9.88 Å². The Balaban J connectivity index is 1.35. The molecule has 1 aromatic heterocycles. The summed E-state index contributed by atoms with van der Waals surface area (Å²) < 4.78 is 50.7. The third-order valence-corrected chi connectivity index (χ3v) is 7.51. The standard InChI is InChI=1S/C28H32F3N3O4/c1-18-17-32-25-6-5-19(37-2)14-22(25)21(18)4-3-7-28(27(35)33-36)8-10-34(11-9-28)12-13-38-20-15-23(29)26(31)24(30)16-20/h5-6,14-17,36H,3-4,7-13H2,1-2H3,(H,33,35). The summed E-state index contributed by atoms with van der Waals surface area (Å²) >= 11 is 0. The number of nitrogens with zero attached hydrogens (tertiary/aromatic N) is 2. The molecule has 1 fully saturated rings. The van der Waals surface area contributed by atoms with Crippen molar-refractivity contribution in [2.45, 2.75) is 39.0 Å². The molecule has 2 N–H and O–H groups in total. The number of fused-ring (bicyclic) bond motifs is 1. The van der Waals surface area contributed by atoms with E-state index >= 15 is 0 Å². The Kier molecular flexibility index (Phi) is 8.73. The molecule has 2 heterocycles. The maximum atomic E-state index is 13.4. The van der Waals surface area contributed by atoms with E-state index in [1.165, 1.54) is 0 Å². The quantitative estimate of drug-likeness (QED) is 0.219. The maximum absolute atomic E-state index is 13.4. The molecular weight excluding hydrogens is 499 g/mol. The zero-order valence-corrected chi connectivity index (χ0v) is 21.5. The number of aryl methyl sites for hydroxylation is 2. The summed E-state index contributed by atoms with van der Waals surface area (Å²) in [5.41, 5.74) is 4.28. The number of hydrogen-bond donors (Lipinski definition) is 2. The van der Waals surface area contributed by atoms with Gasteiger partial charge in [-0.05, 0) is 81.4 Å². The molecule has 0 bridgehead atoms. The molecule has 0 aliphatic carbocycles. The highest BCUT2D eigenvalue weighted by molar-refractivity contribution is 5.84. The fraction of sp³-hybridized carbons (Fsp3) is 0.429. The number of hydrogen-bond acceptors (Lipinski definition) is 6. The van der Waals surface area contributed by atoms with Gasteiger partial charge in [0.2, 0.25) is 5.91 Å². The summed E-state index contributed by atoms with van der Waals surface area (Å²) in [5, 5.41) is 10.5. The van der Waals surface area contributed by atoms with Crippen molar-refractivity contribution in [1.82, 2.24) is 15.4 Å². The Morgan fingerprint density at radius 3 is 2.50 bits per heavy atom. The highest BCUT2D eigenvalue weighted by Gasteiger charge is 2.40. The van der Waals surface area contributed by atoms with Crippen LogP contribution in [0.15, 0.2) is 36.5 Å². The third-order valence-electron chi connectivity index (χ3n) is 7.51. The first-order chi connectivity index (χ1) is 18.3. The predicted octanol–water partition coefficient (Wildman–Crippen LogP) is 4.96. The number of aromatic nitrogens is 1. The summed E-state index contributed by atoms with van der Waals surface area (Å²) in [6, 6.07) is 7.42. The lowest BCUT2D eigenvalue weighted by Gasteiger charge is -2.40. The van der Waals surface area contributed by atoms with Crippen molar-refractivity contribution in [2.24, 2.45) is 5.41 Å². The molecule has 0 atom stereocenters. The van der Waals surface area contributed by atoms with Gasteiger partial charge in [-0.1, -0.05) is 0 Å². The number of hydroxylamine groups is 1. The summed E-state index contributed by atoms with van der Waals surface area (Å²) in [6.45, 7) is 3.84. The molecule has 0 spiro atoms. The van der Waals surface area contributed by atoms with E-state index in [4.69, 9.17) is 9.47 Å². The van der Waals surface area contributed by atoms with Crippen molar-refractivity contribution < 1.29 is 32.6 Å². The van der Waals surface area contributed by atoms with Gasteiger partial charge in [-0.3, -0.25) is 19.9 Å². The van der Waals surface area contributed by atoms with E-state index in [0.717, 1.165) is 52.8 Å². The second kappa shape index (κ2) is 12.0. The number of pyridine rings is 1. The van der Waals surface area contributed by atoms with Gasteiger partial charge in [0, 0.05) is 30.3 Å². The molecule has 2 aromatic carbocycles. The fourth-order valence-corrected chi connectivity index (χ4v) is 5.21. The van der Waals surface area contributed by atoms with E-state index in [1.807, 2.05) is 36.8 Å².